The molecule has 3 rings (SSSR count). The lowest BCUT2D eigenvalue weighted by atomic mass is 9.95. The molecule has 1 fully saturated rings. The van der Waals surface area contributed by atoms with Gasteiger partial charge < -0.3 is 10.6 Å². The zero-order valence-corrected chi connectivity index (χ0v) is 18.7. The number of hydrogen-bond acceptors (Lipinski definition) is 4. The van der Waals surface area contributed by atoms with Crippen molar-refractivity contribution in [3.63, 3.8) is 0 Å². The first-order chi connectivity index (χ1) is 14.8. The summed E-state index contributed by atoms with van der Waals surface area (Å²) in [6, 6.07) is 14.5. The van der Waals surface area contributed by atoms with Crippen LogP contribution < -0.4 is 10.6 Å². The fourth-order valence-corrected chi connectivity index (χ4v) is 4.45. The van der Waals surface area contributed by atoms with E-state index >= 15 is 0 Å². The number of carbonyl (C=O) groups excluding carboxylic acids is 2. The van der Waals surface area contributed by atoms with E-state index in [0.29, 0.717) is 16.8 Å². The molecule has 2 aromatic carbocycles. The SMILES string of the molecule is CN([C@@H](C(=O)Nc1ccccc1C(=O)NC1CCCCC1)c1ccccc1)S(C)(=O)=O. The fourth-order valence-electron chi connectivity index (χ4n) is 3.85. The Hall–Kier alpha value is -2.71. The minimum atomic E-state index is -3.64. The highest BCUT2D eigenvalue weighted by molar-refractivity contribution is 7.88. The van der Waals surface area contributed by atoms with E-state index in [2.05, 4.69) is 10.6 Å². The number of sulfonamides is 1. The predicted octanol–water partition coefficient (Wildman–Crippen LogP) is 3.32. The topological polar surface area (TPSA) is 95.6 Å². The van der Waals surface area contributed by atoms with Gasteiger partial charge in [0.1, 0.15) is 6.04 Å². The number of hydrogen-bond donors (Lipinski definition) is 2. The van der Waals surface area contributed by atoms with E-state index < -0.39 is 22.0 Å². The summed E-state index contributed by atoms with van der Waals surface area (Å²) in [4.78, 5) is 26.1. The minimum Gasteiger partial charge on any atom is -0.349 e. The third kappa shape index (κ3) is 5.92. The van der Waals surface area contributed by atoms with E-state index in [4.69, 9.17) is 0 Å². The third-order valence-corrected chi connectivity index (χ3v) is 6.88. The number of nitrogens with one attached hydrogen (secondary N) is 2. The number of anilines is 1. The van der Waals surface area contributed by atoms with Crippen LogP contribution in [-0.2, 0) is 14.8 Å². The molecular formula is C23H29N3O4S. The molecular weight excluding hydrogens is 414 g/mol. The maximum absolute atomic E-state index is 13.2. The fraction of sp³-hybridized carbons (Fsp3) is 0.391. The van der Waals surface area contributed by atoms with Crippen LogP contribution in [0, 0.1) is 0 Å². The highest BCUT2D eigenvalue weighted by atomic mass is 32.2. The Kier molecular flexibility index (Phi) is 7.46. The molecule has 1 aliphatic rings. The molecule has 1 saturated carbocycles. The number of likely N-dealkylation sites (N-methyl/N-ethyl adjacent to an activating group) is 1. The Morgan fingerprint density at radius 1 is 0.968 bits per heavy atom. The second-order valence-corrected chi connectivity index (χ2v) is 9.98. The zero-order valence-electron chi connectivity index (χ0n) is 17.9. The first-order valence-corrected chi connectivity index (χ1v) is 12.3. The normalized spacial score (nSPS) is 16.0. The van der Waals surface area contributed by atoms with Gasteiger partial charge in [-0.25, -0.2) is 8.42 Å². The lowest BCUT2D eigenvalue weighted by molar-refractivity contribution is -0.119. The van der Waals surface area contributed by atoms with Crippen molar-refractivity contribution in [2.24, 2.45) is 0 Å². The van der Waals surface area contributed by atoms with Crippen LogP contribution in [0.25, 0.3) is 0 Å². The second-order valence-electron chi connectivity index (χ2n) is 7.94. The van der Waals surface area contributed by atoms with Crippen LogP contribution in [0.2, 0.25) is 0 Å². The van der Waals surface area contributed by atoms with Crippen LogP contribution in [0.1, 0.15) is 54.1 Å². The van der Waals surface area contributed by atoms with Gasteiger partial charge in [0.15, 0.2) is 0 Å². The lowest BCUT2D eigenvalue weighted by Gasteiger charge is -2.26. The summed E-state index contributed by atoms with van der Waals surface area (Å²) in [6.45, 7) is 0. The Balaban J connectivity index is 1.84. The minimum absolute atomic E-state index is 0.137. The first kappa shape index (κ1) is 23.0. The second kappa shape index (κ2) is 10.1. The number of benzene rings is 2. The van der Waals surface area contributed by atoms with Gasteiger partial charge in [-0.15, -0.1) is 0 Å². The lowest BCUT2D eigenvalue weighted by Crippen LogP contribution is -2.39. The van der Waals surface area contributed by atoms with Gasteiger partial charge in [0, 0.05) is 13.1 Å². The van der Waals surface area contributed by atoms with Crippen molar-refractivity contribution in [2.45, 2.75) is 44.2 Å². The van der Waals surface area contributed by atoms with Crippen molar-refractivity contribution in [1.82, 2.24) is 9.62 Å². The molecule has 0 radical (unpaired) electrons. The van der Waals surface area contributed by atoms with Gasteiger partial charge in [-0.05, 0) is 30.5 Å². The Morgan fingerprint density at radius 3 is 2.23 bits per heavy atom. The van der Waals surface area contributed by atoms with E-state index in [1.54, 1.807) is 54.6 Å². The van der Waals surface area contributed by atoms with Gasteiger partial charge in [0.2, 0.25) is 15.9 Å². The van der Waals surface area contributed by atoms with Crippen LogP contribution in [0.4, 0.5) is 5.69 Å². The summed E-state index contributed by atoms with van der Waals surface area (Å²) in [5, 5.41) is 5.83. The molecule has 31 heavy (non-hydrogen) atoms. The molecule has 0 saturated heterocycles. The molecule has 2 amide bonds. The zero-order chi connectivity index (χ0) is 22.4. The van der Waals surface area contributed by atoms with Gasteiger partial charge in [0.25, 0.3) is 5.91 Å². The summed E-state index contributed by atoms with van der Waals surface area (Å²) >= 11 is 0. The van der Waals surface area contributed by atoms with Crippen LogP contribution >= 0.6 is 0 Å². The van der Waals surface area contributed by atoms with Crippen LogP contribution in [-0.4, -0.2) is 43.9 Å². The molecule has 1 aliphatic carbocycles. The van der Waals surface area contributed by atoms with Crippen molar-refractivity contribution in [2.75, 3.05) is 18.6 Å². The largest absolute Gasteiger partial charge is 0.349 e. The third-order valence-electron chi connectivity index (χ3n) is 5.62. The molecule has 0 unspecified atom stereocenters. The first-order valence-electron chi connectivity index (χ1n) is 10.5. The van der Waals surface area contributed by atoms with E-state index in [0.717, 1.165) is 36.2 Å². The molecule has 2 N–H and O–H groups in total. The number of rotatable bonds is 7. The maximum Gasteiger partial charge on any atom is 0.253 e. The number of amides is 2. The van der Waals surface area contributed by atoms with Gasteiger partial charge in [-0.3, -0.25) is 9.59 Å². The number of para-hydroxylation sites is 1. The van der Waals surface area contributed by atoms with E-state index in [9.17, 15) is 18.0 Å². The standard InChI is InChI=1S/C23H29N3O4S/c1-26(31(2,29)30)21(17-11-5-3-6-12-17)23(28)25-20-16-10-9-15-19(20)22(27)24-18-13-7-4-8-14-18/h3,5-6,9-12,15-16,18,21H,4,7-8,13-14H2,1-2H3,(H,24,27)(H,25,28)/t21-/m1/s1. The Bertz CT molecular complexity index is 1020. The van der Waals surface area contributed by atoms with Gasteiger partial charge in [-0.2, -0.15) is 4.31 Å². The average molecular weight is 444 g/mol. The van der Waals surface area contributed by atoms with E-state index in [-0.39, 0.29) is 11.9 Å². The van der Waals surface area contributed by atoms with Crippen molar-refractivity contribution in [3.8, 4) is 0 Å². The molecule has 0 aromatic heterocycles. The monoisotopic (exact) mass is 443 g/mol. The van der Waals surface area contributed by atoms with Crippen molar-refractivity contribution < 1.29 is 18.0 Å². The maximum atomic E-state index is 13.2. The van der Waals surface area contributed by atoms with Gasteiger partial charge >= 0.3 is 0 Å². The van der Waals surface area contributed by atoms with Crippen molar-refractivity contribution >= 4 is 27.5 Å². The van der Waals surface area contributed by atoms with Gasteiger partial charge in [-0.1, -0.05) is 61.7 Å². The molecule has 0 aliphatic heterocycles. The average Bonchev–Trinajstić information content (AvgIpc) is 2.75. The Morgan fingerprint density at radius 2 is 1.58 bits per heavy atom. The Labute approximate surface area is 183 Å². The quantitative estimate of drug-likeness (QED) is 0.686. The van der Waals surface area contributed by atoms with Crippen LogP contribution in [0.5, 0.6) is 0 Å². The van der Waals surface area contributed by atoms with E-state index in [1.807, 2.05) is 0 Å². The summed E-state index contributed by atoms with van der Waals surface area (Å²) in [7, 11) is -2.27. The van der Waals surface area contributed by atoms with Crippen LogP contribution in [0.15, 0.2) is 54.6 Å². The highest BCUT2D eigenvalue weighted by Gasteiger charge is 2.31. The molecule has 0 bridgehead atoms. The molecule has 8 heteroatoms. The van der Waals surface area contributed by atoms with E-state index in [1.165, 1.54) is 13.5 Å². The van der Waals surface area contributed by atoms with Crippen molar-refractivity contribution in [3.05, 3.63) is 65.7 Å². The summed E-state index contributed by atoms with van der Waals surface area (Å²) in [5.74, 6) is -0.771. The number of carbonyl (C=O) groups is 2. The molecule has 2 aromatic rings. The van der Waals surface area contributed by atoms with Gasteiger partial charge in [0.05, 0.1) is 17.5 Å². The summed E-state index contributed by atoms with van der Waals surface area (Å²) < 4.78 is 25.4. The predicted molar refractivity (Wildman–Crippen MR) is 121 cm³/mol. The molecule has 7 nitrogen and oxygen atoms in total. The van der Waals surface area contributed by atoms with Crippen molar-refractivity contribution in [1.29, 1.82) is 0 Å². The number of nitrogens with zero attached hydrogens (tertiary/aromatic N) is 1. The van der Waals surface area contributed by atoms with Crippen LogP contribution in [0.3, 0.4) is 0 Å². The molecule has 0 heterocycles. The molecule has 166 valence electrons. The highest BCUT2D eigenvalue weighted by Crippen LogP contribution is 2.25. The molecule has 1 atom stereocenters. The smallest absolute Gasteiger partial charge is 0.253 e. The molecule has 0 spiro atoms. The summed E-state index contributed by atoms with van der Waals surface area (Å²) in [6.07, 6.45) is 6.35. The summed E-state index contributed by atoms with van der Waals surface area (Å²) in [5.41, 5.74) is 1.25.